The summed E-state index contributed by atoms with van der Waals surface area (Å²) in [5, 5.41) is 0.467. The summed E-state index contributed by atoms with van der Waals surface area (Å²) in [7, 11) is -3.90. The number of nitrogens with two attached hydrogens (primary N) is 1. The molecule has 4 aromatic rings. The van der Waals surface area contributed by atoms with E-state index in [-0.39, 0.29) is 16.4 Å². The Labute approximate surface area is 193 Å². The molecule has 1 unspecified atom stereocenters. The molecule has 1 aromatic heterocycles. The van der Waals surface area contributed by atoms with Gasteiger partial charge in [-0.2, -0.15) is 0 Å². The normalized spacial score (nSPS) is 12.8. The zero-order valence-electron chi connectivity index (χ0n) is 18.5. The fourth-order valence-electron chi connectivity index (χ4n) is 3.79. The quantitative estimate of drug-likeness (QED) is 0.403. The van der Waals surface area contributed by atoms with Gasteiger partial charge in [-0.3, -0.25) is 9.36 Å². The minimum Gasteiger partial charge on any atom is -0.399 e. The third kappa shape index (κ3) is 4.81. The van der Waals surface area contributed by atoms with Crippen molar-refractivity contribution in [3.8, 4) is 5.69 Å². The Kier molecular flexibility index (Phi) is 6.31. The number of para-hydroxylation sites is 2. The zero-order chi connectivity index (χ0) is 23.6. The number of nitrogens with one attached hydrogen (secondary N) is 1. The van der Waals surface area contributed by atoms with Gasteiger partial charge < -0.3 is 5.73 Å². The van der Waals surface area contributed by atoms with Gasteiger partial charge in [-0.25, -0.2) is 18.1 Å². The van der Waals surface area contributed by atoms with E-state index in [1.807, 2.05) is 44.2 Å². The molecule has 170 valence electrons. The molecule has 33 heavy (non-hydrogen) atoms. The van der Waals surface area contributed by atoms with E-state index in [2.05, 4.69) is 4.72 Å². The molecule has 4 rings (SSSR count). The Morgan fingerprint density at radius 1 is 0.939 bits per heavy atom. The first-order chi connectivity index (χ1) is 15.8. The molecule has 0 amide bonds. The molecule has 0 spiro atoms. The summed E-state index contributed by atoms with van der Waals surface area (Å²) in [5.41, 5.74) is 7.08. The minimum absolute atomic E-state index is 0.0971. The average Bonchev–Trinajstić information content (AvgIpc) is 2.79. The number of nitrogen functional groups attached to an aromatic ring is 1. The second-order valence-electron chi connectivity index (χ2n) is 8.34. The van der Waals surface area contributed by atoms with Crippen LogP contribution in [-0.2, 0) is 10.0 Å². The van der Waals surface area contributed by atoms with Crippen molar-refractivity contribution in [1.29, 1.82) is 0 Å². The van der Waals surface area contributed by atoms with Crippen LogP contribution in [0.4, 0.5) is 5.69 Å². The summed E-state index contributed by atoms with van der Waals surface area (Å²) in [5.74, 6) is 0.481. The molecule has 8 heteroatoms. The van der Waals surface area contributed by atoms with Crippen LogP contribution < -0.4 is 16.0 Å². The predicted molar refractivity (Wildman–Crippen MR) is 131 cm³/mol. The Bertz CT molecular complexity index is 1430. The highest BCUT2D eigenvalue weighted by Gasteiger charge is 2.27. The summed E-state index contributed by atoms with van der Waals surface area (Å²) in [6.07, 6.45) is 0.450. The Morgan fingerprint density at radius 2 is 1.58 bits per heavy atom. The van der Waals surface area contributed by atoms with Crippen molar-refractivity contribution in [1.82, 2.24) is 14.3 Å². The standard InChI is InChI=1S/C25H26N4O3S/c1-17(2)16-23(28-33(31,32)20-14-12-18(26)13-15-20)24-27-22-11-7-6-10-21(22)25(30)29(24)19-8-4-3-5-9-19/h3-15,17,23,28H,16,26H2,1-2H3. The number of rotatable bonds is 7. The SMILES string of the molecule is CC(C)CC(NS(=O)(=O)c1ccc(N)cc1)c1nc2ccccc2c(=O)n1-c1ccccc1. The van der Waals surface area contributed by atoms with Crippen LogP contribution >= 0.6 is 0 Å². The molecular formula is C25H26N4O3S. The fourth-order valence-corrected chi connectivity index (χ4v) is 5.00. The van der Waals surface area contributed by atoms with Crippen molar-refractivity contribution in [2.24, 2.45) is 5.92 Å². The average molecular weight is 463 g/mol. The maximum Gasteiger partial charge on any atom is 0.266 e. The van der Waals surface area contributed by atoms with Gasteiger partial charge in [0.1, 0.15) is 5.82 Å². The van der Waals surface area contributed by atoms with E-state index in [0.717, 1.165) is 0 Å². The molecule has 0 radical (unpaired) electrons. The highest BCUT2D eigenvalue weighted by Crippen LogP contribution is 2.26. The number of hydrogen-bond acceptors (Lipinski definition) is 5. The first-order valence-electron chi connectivity index (χ1n) is 10.7. The van der Waals surface area contributed by atoms with E-state index in [1.54, 1.807) is 36.4 Å². The minimum atomic E-state index is -3.90. The second-order valence-corrected chi connectivity index (χ2v) is 10.0. The van der Waals surface area contributed by atoms with Crippen molar-refractivity contribution in [3.63, 3.8) is 0 Å². The van der Waals surface area contributed by atoms with Crippen LogP contribution in [0.5, 0.6) is 0 Å². The molecule has 0 fully saturated rings. The lowest BCUT2D eigenvalue weighted by molar-refractivity contribution is 0.450. The second kappa shape index (κ2) is 9.17. The van der Waals surface area contributed by atoms with E-state index in [1.165, 1.54) is 16.7 Å². The van der Waals surface area contributed by atoms with Crippen molar-refractivity contribution < 1.29 is 8.42 Å². The molecule has 0 aliphatic rings. The van der Waals surface area contributed by atoms with Crippen LogP contribution in [0.3, 0.4) is 0 Å². The molecule has 0 aliphatic carbocycles. The third-order valence-electron chi connectivity index (χ3n) is 5.32. The molecule has 0 saturated carbocycles. The van der Waals surface area contributed by atoms with Crippen LogP contribution in [-0.4, -0.2) is 18.0 Å². The largest absolute Gasteiger partial charge is 0.399 e. The highest BCUT2D eigenvalue weighted by atomic mass is 32.2. The maximum absolute atomic E-state index is 13.5. The number of sulfonamides is 1. The van der Waals surface area contributed by atoms with Gasteiger partial charge in [0, 0.05) is 5.69 Å². The number of hydrogen-bond donors (Lipinski definition) is 2. The number of benzene rings is 3. The summed E-state index contributed by atoms with van der Waals surface area (Å²) in [6, 6.07) is 21.5. The van der Waals surface area contributed by atoms with Crippen LogP contribution in [0.25, 0.3) is 16.6 Å². The molecule has 1 atom stereocenters. The lowest BCUT2D eigenvalue weighted by atomic mass is 10.0. The summed E-state index contributed by atoms with van der Waals surface area (Å²) in [6.45, 7) is 3.99. The summed E-state index contributed by atoms with van der Waals surface area (Å²) < 4.78 is 30.8. The van der Waals surface area contributed by atoms with Gasteiger partial charge in [-0.05, 0) is 60.9 Å². The third-order valence-corrected chi connectivity index (χ3v) is 6.81. The molecule has 1 heterocycles. The molecule has 3 aromatic carbocycles. The molecule has 7 nitrogen and oxygen atoms in total. The van der Waals surface area contributed by atoms with Crippen molar-refractivity contribution >= 4 is 26.6 Å². The smallest absolute Gasteiger partial charge is 0.266 e. The maximum atomic E-state index is 13.5. The number of nitrogens with zero attached hydrogens (tertiary/aromatic N) is 2. The number of anilines is 1. The van der Waals surface area contributed by atoms with Gasteiger partial charge in [-0.15, -0.1) is 0 Å². The Hall–Kier alpha value is -3.49. The van der Waals surface area contributed by atoms with Crippen molar-refractivity contribution in [2.75, 3.05) is 5.73 Å². The van der Waals surface area contributed by atoms with E-state index < -0.39 is 16.1 Å². The van der Waals surface area contributed by atoms with Gasteiger partial charge >= 0.3 is 0 Å². The van der Waals surface area contributed by atoms with E-state index in [0.29, 0.717) is 34.5 Å². The topological polar surface area (TPSA) is 107 Å². The lowest BCUT2D eigenvalue weighted by Crippen LogP contribution is -2.35. The first-order valence-corrected chi connectivity index (χ1v) is 12.2. The van der Waals surface area contributed by atoms with Gasteiger partial charge in [0.2, 0.25) is 10.0 Å². The summed E-state index contributed by atoms with van der Waals surface area (Å²) >= 11 is 0. The van der Waals surface area contributed by atoms with Gasteiger partial charge in [-0.1, -0.05) is 44.2 Å². The van der Waals surface area contributed by atoms with E-state index >= 15 is 0 Å². The molecule has 0 aliphatic heterocycles. The first kappa shape index (κ1) is 22.7. The van der Waals surface area contributed by atoms with Crippen LogP contribution in [0, 0.1) is 5.92 Å². The molecular weight excluding hydrogens is 436 g/mol. The molecule has 0 saturated heterocycles. The van der Waals surface area contributed by atoms with Crippen molar-refractivity contribution in [2.45, 2.75) is 31.2 Å². The van der Waals surface area contributed by atoms with E-state index in [4.69, 9.17) is 10.7 Å². The Morgan fingerprint density at radius 3 is 2.24 bits per heavy atom. The highest BCUT2D eigenvalue weighted by molar-refractivity contribution is 7.89. The van der Waals surface area contributed by atoms with E-state index in [9.17, 15) is 13.2 Å². The van der Waals surface area contributed by atoms with Crippen LogP contribution in [0.2, 0.25) is 0 Å². The fraction of sp³-hybridized carbons (Fsp3) is 0.200. The Balaban J connectivity index is 1.92. The summed E-state index contributed by atoms with van der Waals surface area (Å²) in [4.78, 5) is 18.4. The van der Waals surface area contributed by atoms with Crippen LogP contribution in [0.1, 0.15) is 32.1 Å². The lowest BCUT2D eigenvalue weighted by Gasteiger charge is -2.24. The molecule has 3 N–H and O–H groups in total. The zero-order valence-corrected chi connectivity index (χ0v) is 19.3. The molecule has 0 bridgehead atoms. The predicted octanol–water partition coefficient (Wildman–Crippen LogP) is 4.03. The number of fused-ring (bicyclic) bond motifs is 1. The number of aromatic nitrogens is 2. The van der Waals surface area contributed by atoms with Gasteiger partial charge in [0.05, 0.1) is 27.5 Å². The van der Waals surface area contributed by atoms with Crippen LogP contribution in [0.15, 0.2) is 88.6 Å². The van der Waals surface area contributed by atoms with Crippen molar-refractivity contribution in [3.05, 3.63) is 95.0 Å². The van der Waals surface area contributed by atoms with Gasteiger partial charge in [0.15, 0.2) is 0 Å². The monoisotopic (exact) mass is 462 g/mol. The van der Waals surface area contributed by atoms with Gasteiger partial charge in [0.25, 0.3) is 5.56 Å².